The number of hydrogen-bond acceptors (Lipinski definition) is 4. The van der Waals surface area contributed by atoms with Crippen LogP contribution in [0.5, 0.6) is 0 Å². The normalized spacial score (nSPS) is 13.8. The van der Waals surface area contributed by atoms with Gasteiger partial charge in [-0.15, -0.1) is 0 Å². The maximum absolute atomic E-state index is 11.7. The third-order valence-corrected chi connectivity index (χ3v) is 3.64. The van der Waals surface area contributed by atoms with Gasteiger partial charge in [-0.2, -0.15) is 11.8 Å². The average Bonchev–Trinajstić information content (AvgIpc) is 2.33. The molecular formula is C14H27N2O3S-. The molecule has 0 radical (unpaired) electrons. The van der Waals surface area contributed by atoms with Crippen molar-refractivity contribution in [2.75, 3.05) is 12.0 Å². The fourth-order valence-corrected chi connectivity index (χ4v) is 2.28. The van der Waals surface area contributed by atoms with Crippen LogP contribution in [0.3, 0.4) is 0 Å². The molecule has 0 aromatic heterocycles. The van der Waals surface area contributed by atoms with Crippen molar-refractivity contribution >= 4 is 23.8 Å². The lowest BCUT2D eigenvalue weighted by Crippen LogP contribution is -2.52. The summed E-state index contributed by atoms with van der Waals surface area (Å²) in [6.07, 6.45) is 5.34. The Kier molecular flexibility index (Phi) is 10.3. The molecule has 118 valence electrons. The Morgan fingerprint density at radius 2 is 1.75 bits per heavy atom. The molecule has 6 heteroatoms. The molecule has 2 amide bonds. The minimum absolute atomic E-state index is 0.0386. The Bertz CT molecular complexity index is 298. The zero-order valence-corrected chi connectivity index (χ0v) is 13.7. The fourth-order valence-electron chi connectivity index (χ4n) is 1.81. The Morgan fingerprint density at radius 1 is 1.10 bits per heavy atom. The van der Waals surface area contributed by atoms with Crippen molar-refractivity contribution in [2.45, 2.75) is 58.5 Å². The highest BCUT2D eigenvalue weighted by atomic mass is 32.2. The number of carboxylic acids is 1. The minimum atomic E-state index is -1.23. The Morgan fingerprint density at radius 3 is 2.25 bits per heavy atom. The monoisotopic (exact) mass is 303 g/mol. The van der Waals surface area contributed by atoms with Crippen molar-refractivity contribution in [3.8, 4) is 0 Å². The number of urea groups is 1. The largest absolute Gasteiger partial charge is 0.548 e. The average molecular weight is 303 g/mol. The maximum Gasteiger partial charge on any atom is 0.315 e. The first-order chi connectivity index (χ1) is 9.36. The second-order valence-electron chi connectivity index (χ2n) is 5.50. The van der Waals surface area contributed by atoms with Crippen molar-refractivity contribution in [1.82, 2.24) is 10.6 Å². The lowest BCUT2D eigenvalue weighted by Gasteiger charge is -2.21. The van der Waals surface area contributed by atoms with E-state index >= 15 is 0 Å². The van der Waals surface area contributed by atoms with Crippen molar-refractivity contribution in [3.05, 3.63) is 0 Å². The van der Waals surface area contributed by atoms with Gasteiger partial charge in [-0.05, 0) is 37.7 Å². The Labute approximate surface area is 126 Å². The summed E-state index contributed by atoms with van der Waals surface area (Å²) in [5.41, 5.74) is 0. The quantitative estimate of drug-likeness (QED) is 0.639. The van der Waals surface area contributed by atoms with E-state index in [1.165, 1.54) is 11.8 Å². The summed E-state index contributed by atoms with van der Waals surface area (Å²) in [6, 6.07) is -1.32. The molecule has 20 heavy (non-hydrogen) atoms. The highest BCUT2D eigenvalue weighted by molar-refractivity contribution is 7.98. The van der Waals surface area contributed by atoms with Gasteiger partial charge in [-0.3, -0.25) is 0 Å². The molecule has 0 aromatic rings. The SMILES string of the molecule is CSCC[C@H](NC(=O)N[C@@H](C)CCCC(C)C)C(=O)[O-]. The van der Waals surface area contributed by atoms with Crippen LogP contribution in [0.25, 0.3) is 0 Å². The highest BCUT2D eigenvalue weighted by Gasteiger charge is 2.14. The van der Waals surface area contributed by atoms with E-state index in [4.69, 9.17) is 0 Å². The van der Waals surface area contributed by atoms with Crippen LogP contribution in [0, 0.1) is 5.92 Å². The third kappa shape index (κ3) is 9.95. The van der Waals surface area contributed by atoms with Gasteiger partial charge in [-0.25, -0.2) is 4.79 Å². The van der Waals surface area contributed by atoms with Gasteiger partial charge in [0.2, 0.25) is 0 Å². The summed E-state index contributed by atoms with van der Waals surface area (Å²) in [5.74, 6) is 0.0924. The third-order valence-electron chi connectivity index (χ3n) is 3.00. The van der Waals surface area contributed by atoms with Crippen LogP contribution >= 0.6 is 11.8 Å². The molecule has 0 aromatic carbocycles. The first-order valence-corrected chi connectivity index (χ1v) is 8.53. The minimum Gasteiger partial charge on any atom is -0.548 e. The van der Waals surface area contributed by atoms with Gasteiger partial charge in [0.25, 0.3) is 0 Å². The molecule has 0 spiro atoms. The smallest absolute Gasteiger partial charge is 0.315 e. The van der Waals surface area contributed by atoms with Gasteiger partial charge in [0, 0.05) is 6.04 Å². The number of carboxylic acid groups (broad SMARTS) is 1. The van der Waals surface area contributed by atoms with Gasteiger partial charge in [0.15, 0.2) is 0 Å². The van der Waals surface area contributed by atoms with Gasteiger partial charge in [0.1, 0.15) is 0 Å². The summed E-state index contributed by atoms with van der Waals surface area (Å²) < 4.78 is 0. The van der Waals surface area contributed by atoms with Crippen LogP contribution in [0.15, 0.2) is 0 Å². The van der Waals surface area contributed by atoms with Crippen LogP contribution in [-0.2, 0) is 4.79 Å². The molecule has 0 fully saturated rings. The van der Waals surface area contributed by atoms with Gasteiger partial charge < -0.3 is 20.5 Å². The number of amides is 2. The van der Waals surface area contributed by atoms with Crippen molar-refractivity contribution < 1.29 is 14.7 Å². The molecule has 0 aliphatic heterocycles. The van der Waals surface area contributed by atoms with Crippen LogP contribution in [-0.4, -0.2) is 36.1 Å². The standard InChI is InChI=1S/C14H28N2O3S/c1-10(2)6-5-7-11(3)15-14(19)16-12(13(17)18)8-9-20-4/h10-12H,5-9H2,1-4H3,(H,17,18)(H2,15,16,19)/p-1/t11-,12-/m0/s1. The summed E-state index contributed by atoms with van der Waals surface area (Å²) in [7, 11) is 0. The predicted octanol–water partition coefficient (Wildman–Crippen LogP) is 1.37. The zero-order valence-electron chi connectivity index (χ0n) is 12.9. The Balaban J connectivity index is 4.01. The van der Waals surface area contributed by atoms with Gasteiger partial charge in [-0.1, -0.05) is 26.7 Å². The van der Waals surface area contributed by atoms with Crippen molar-refractivity contribution in [2.24, 2.45) is 5.92 Å². The van der Waals surface area contributed by atoms with Crippen LogP contribution in [0.4, 0.5) is 4.79 Å². The van der Waals surface area contributed by atoms with E-state index in [0.717, 1.165) is 19.3 Å². The topological polar surface area (TPSA) is 81.3 Å². The molecule has 0 saturated heterocycles. The fraction of sp³-hybridized carbons (Fsp3) is 0.857. The molecule has 0 aliphatic carbocycles. The highest BCUT2D eigenvalue weighted by Crippen LogP contribution is 2.08. The molecule has 5 nitrogen and oxygen atoms in total. The van der Waals surface area contributed by atoms with E-state index in [1.54, 1.807) is 0 Å². The second kappa shape index (κ2) is 10.8. The van der Waals surface area contributed by atoms with E-state index in [0.29, 0.717) is 18.1 Å². The predicted molar refractivity (Wildman–Crippen MR) is 81.6 cm³/mol. The number of carbonyl (C=O) groups is 2. The van der Waals surface area contributed by atoms with E-state index in [1.807, 2.05) is 13.2 Å². The van der Waals surface area contributed by atoms with E-state index in [-0.39, 0.29) is 6.04 Å². The first kappa shape index (κ1) is 19.1. The molecule has 0 saturated carbocycles. The molecule has 2 atom stereocenters. The van der Waals surface area contributed by atoms with Gasteiger partial charge >= 0.3 is 6.03 Å². The molecule has 0 bridgehead atoms. The molecule has 2 N–H and O–H groups in total. The summed E-state index contributed by atoms with van der Waals surface area (Å²) in [4.78, 5) is 22.6. The van der Waals surface area contributed by atoms with Crippen molar-refractivity contribution in [1.29, 1.82) is 0 Å². The number of carbonyl (C=O) groups excluding carboxylic acids is 2. The molecule has 0 heterocycles. The lowest BCUT2D eigenvalue weighted by atomic mass is 10.0. The van der Waals surface area contributed by atoms with Gasteiger partial charge in [0.05, 0.1) is 12.0 Å². The number of aliphatic carboxylic acids is 1. The number of rotatable bonds is 10. The van der Waals surface area contributed by atoms with Crippen LogP contribution in [0.1, 0.15) is 46.5 Å². The van der Waals surface area contributed by atoms with Crippen molar-refractivity contribution in [3.63, 3.8) is 0 Å². The van der Waals surface area contributed by atoms with E-state index in [2.05, 4.69) is 24.5 Å². The van der Waals surface area contributed by atoms with Crippen LogP contribution < -0.4 is 15.7 Å². The van der Waals surface area contributed by atoms with E-state index < -0.39 is 18.0 Å². The first-order valence-electron chi connectivity index (χ1n) is 7.13. The van der Waals surface area contributed by atoms with Crippen LogP contribution in [0.2, 0.25) is 0 Å². The summed E-state index contributed by atoms with van der Waals surface area (Å²) in [6.45, 7) is 6.26. The molecule has 0 unspecified atom stereocenters. The second-order valence-corrected chi connectivity index (χ2v) is 6.48. The molecule has 0 rings (SSSR count). The summed E-state index contributed by atoms with van der Waals surface area (Å²) >= 11 is 1.54. The van der Waals surface area contributed by atoms with E-state index in [9.17, 15) is 14.7 Å². The molecular weight excluding hydrogens is 276 g/mol. The number of hydrogen-bond donors (Lipinski definition) is 2. The Hall–Kier alpha value is -0.910. The molecule has 0 aliphatic rings. The number of nitrogens with one attached hydrogen (secondary N) is 2. The number of thioether (sulfide) groups is 1. The summed E-state index contributed by atoms with van der Waals surface area (Å²) in [5, 5.41) is 16.1. The maximum atomic E-state index is 11.7. The lowest BCUT2D eigenvalue weighted by molar-refractivity contribution is -0.308. The zero-order chi connectivity index (χ0) is 15.5.